The number of benzene rings is 1. The average Bonchev–Trinajstić information content (AvgIpc) is 2.34. The molecule has 0 heterocycles. The third-order valence-electron chi connectivity index (χ3n) is 2.35. The van der Waals surface area contributed by atoms with Crippen molar-refractivity contribution in [2.45, 2.75) is 17.4 Å². The monoisotopic (exact) mass is 320 g/mol. The Morgan fingerprint density at radius 3 is 2.39 bits per heavy atom. The second kappa shape index (κ2) is 6.64. The van der Waals surface area contributed by atoms with Crippen LogP contribution >= 0.6 is 15.9 Å². The highest BCUT2D eigenvalue weighted by atomic mass is 79.9. The molecule has 1 aromatic carbocycles. The normalized spacial score (nSPS) is 12.8. The van der Waals surface area contributed by atoms with Crippen molar-refractivity contribution in [1.29, 1.82) is 5.26 Å². The third-order valence-corrected chi connectivity index (χ3v) is 3.16. The molecule has 1 atom stereocenters. The first-order valence-corrected chi connectivity index (χ1v) is 6.24. The smallest absolute Gasteiger partial charge is 0.369 e. The second-order valence-electron chi connectivity index (χ2n) is 3.70. The van der Waals surface area contributed by atoms with Gasteiger partial charge in [-0.25, -0.2) is 0 Å². The van der Waals surface area contributed by atoms with Crippen molar-refractivity contribution in [3.05, 3.63) is 30.3 Å². The molecule has 1 unspecified atom stereocenters. The summed E-state index contributed by atoms with van der Waals surface area (Å²) in [5, 5.41) is 8.55. The maximum atomic E-state index is 12.5. The molecule has 0 aliphatic heterocycles. The Morgan fingerprint density at radius 1 is 1.28 bits per heavy atom. The molecule has 0 aliphatic carbocycles. The van der Waals surface area contributed by atoms with Crippen LogP contribution < -0.4 is 4.90 Å². The van der Waals surface area contributed by atoms with E-state index in [9.17, 15) is 13.2 Å². The van der Waals surface area contributed by atoms with E-state index in [0.717, 1.165) is 0 Å². The van der Waals surface area contributed by atoms with Crippen LogP contribution in [0.4, 0.5) is 18.9 Å². The van der Waals surface area contributed by atoms with E-state index in [1.165, 1.54) is 0 Å². The van der Waals surface area contributed by atoms with E-state index < -0.39 is 11.0 Å². The largest absolute Gasteiger partial charge is 0.402 e. The molecular weight excluding hydrogens is 309 g/mol. The van der Waals surface area contributed by atoms with E-state index in [-0.39, 0.29) is 19.5 Å². The van der Waals surface area contributed by atoms with E-state index >= 15 is 0 Å². The molecule has 0 aliphatic rings. The van der Waals surface area contributed by atoms with Gasteiger partial charge in [0.1, 0.15) is 4.83 Å². The van der Waals surface area contributed by atoms with Gasteiger partial charge in [-0.05, 0) is 12.1 Å². The number of halogens is 4. The van der Waals surface area contributed by atoms with Gasteiger partial charge in [-0.1, -0.05) is 34.1 Å². The van der Waals surface area contributed by atoms with Gasteiger partial charge < -0.3 is 4.90 Å². The molecule has 1 aromatic rings. The highest BCUT2D eigenvalue weighted by Gasteiger charge is 2.38. The summed E-state index contributed by atoms with van der Waals surface area (Å²) in [7, 11) is 0. The highest BCUT2D eigenvalue weighted by Crippen LogP contribution is 2.28. The predicted molar refractivity (Wildman–Crippen MR) is 67.7 cm³/mol. The van der Waals surface area contributed by atoms with Gasteiger partial charge in [0.05, 0.1) is 12.5 Å². The van der Waals surface area contributed by atoms with Crippen LogP contribution in [0.25, 0.3) is 0 Å². The van der Waals surface area contributed by atoms with Gasteiger partial charge in [-0.3, -0.25) is 0 Å². The Labute approximate surface area is 112 Å². The summed E-state index contributed by atoms with van der Waals surface area (Å²) in [6.07, 6.45) is -4.11. The Morgan fingerprint density at radius 2 is 1.89 bits per heavy atom. The van der Waals surface area contributed by atoms with Crippen molar-refractivity contribution in [2.75, 3.05) is 18.0 Å². The van der Waals surface area contributed by atoms with E-state index in [1.54, 1.807) is 35.2 Å². The molecule has 0 aromatic heterocycles. The van der Waals surface area contributed by atoms with E-state index in [2.05, 4.69) is 15.9 Å². The lowest BCUT2D eigenvalue weighted by molar-refractivity contribution is -0.125. The molecule has 0 N–H and O–H groups in total. The first kappa shape index (κ1) is 14.8. The molecule has 0 fully saturated rings. The zero-order valence-electron chi connectivity index (χ0n) is 9.49. The molecule has 6 heteroatoms. The van der Waals surface area contributed by atoms with Gasteiger partial charge >= 0.3 is 6.18 Å². The molecule has 0 radical (unpaired) electrons. The van der Waals surface area contributed by atoms with Crippen LogP contribution in [0.5, 0.6) is 0 Å². The quantitative estimate of drug-likeness (QED) is 0.773. The minimum absolute atomic E-state index is 0.187. The molecule has 0 spiro atoms. The second-order valence-corrected chi connectivity index (χ2v) is 4.80. The van der Waals surface area contributed by atoms with Gasteiger partial charge in [0.2, 0.25) is 0 Å². The number of nitriles is 1. The van der Waals surface area contributed by atoms with Crippen LogP contribution in [0.1, 0.15) is 6.42 Å². The van der Waals surface area contributed by atoms with Crippen molar-refractivity contribution in [3.8, 4) is 6.07 Å². The van der Waals surface area contributed by atoms with Crippen molar-refractivity contribution in [2.24, 2.45) is 0 Å². The van der Waals surface area contributed by atoms with E-state index in [4.69, 9.17) is 5.26 Å². The van der Waals surface area contributed by atoms with Crippen molar-refractivity contribution >= 4 is 21.6 Å². The van der Waals surface area contributed by atoms with Crippen molar-refractivity contribution < 1.29 is 13.2 Å². The van der Waals surface area contributed by atoms with Crippen LogP contribution in [0.15, 0.2) is 30.3 Å². The van der Waals surface area contributed by atoms with Gasteiger partial charge in [-0.15, -0.1) is 0 Å². The molecule has 98 valence electrons. The van der Waals surface area contributed by atoms with Crippen LogP contribution in [-0.2, 0) is 0 Å². The molecule has 1 rings (SSSR count). The predicted octanol–water partition coefficient (Wildman–Crippen LogP) is 3.73. The van der Waals surface area contributed by atoms with Crippen LogP contribution in [0.3, 0.4) is 0 Å². The van der Waals surface area contributed by atoms with Gasteiger partial charge in [0, 0.05) is 18.8 Å². The Kier molecular flexibility index (Phi) is 5.48. The molecular formula is C12H12BrF3N2. The lowest BCUT2D eigenvalue weighted by atomic mass is 10.2. The maximum absolute atomic E-state index is 12.5. The van der Waals surface area contributed by atoms with Gasteiger partial charge in [0.15, 0.2) is 0 Å². The number of nitrogens with zero attached hydrogens (tertiary/aromatic N) is 2. The summed E-state index contributed by atoms with van der Waals surface area (Å²) >= 11 is 2.64. The zero-order chi connectivity index (χ0) is 13.6. The lowest BCUT2D eigenvalue weighted by Crippen LogP contribution is -2.38. The molecule has 0 bridgehead atoms. The Hall–Kier alpha value is -1.22. The highest BCUT2D eigenvalue weighted by molar-refractivity contribution is 9.09. The van der Waals surface area contributed by atoms with Crippen LogP contribution in [-0.4, -0.2) is 24.1 Å². The number of hydrogen-bond donors (Lipinski definition) is 0. The summed E-state index contributed by atoms with van der Waals surface area (Å²) in [6.45, 7) is 0.0634. The molecule has 0 saturated carbocycles. The minimum Gasteiger partial charge on any atom is -0.369 e. The summed E-state index contributed by atoms with van der Waals surface area (Å²) in [6, 6.07) is 10.7. The fourth-order valence-electron chi connectivity index (χ4n) is 1.45. The molecule has 18 heavy (non-hydrogen) atoms. The Bertz CT molecular complexity index is 400. The minimum atomic E-state index is -4.29. The molecule has 0 amide bonds. The molecule has 2 nitrogen and oxygen atoms in total. The maximum Gasteiger partial charge on any atom is 0.402 e. The first-order chi connectivity index (χ1) is 8.45. The van der Waals surface area contributed by atoms with Gasteiger partial charge in [0.25, 0.3) is 0 Å². The fraction of sp³-hybridized carbons (Fsp3) is 0.417. The van der Waals surface area contributed by atoms with Crippen LogP contribution in [0.2, 0.25) is 0 Å². The van der Waals surface area contributed by atoms with E-state index in [1.807, 2.05) is 6.07 Å². The van der Waals surface area contributed by atoms with Gasteiger partial charge in [-0.2, -0.15) is 18.4 Å². The zero-order valence-corrected chi connectivity index (χ0v) is 11.1. The third kappa shape index (κ3) is 4.57. The average molecular weight is 321 g/mol. The number of anilines is 1. The number of alkyl halides is 4. The summed E-state index contributed by atoms with van der Waals surface area (Å²) in [4.78, 5) is -0.0558. The Balaban J connectivity index is 2.77. The lowest BCUT2D eigenvalue weighted by Gasteiger charge is -2.27. The SMILES string of the molecule is N#CCCN(CC(Br)C(F)(F)F)c1ccccc1. The standard InChI is InChI=1S/C12H12BrF3N2/c13-11(12(14,15)16)9-18(8-4-7-17)10-5-2-1-3-6-10/h1-3,5-6,11H,4,8-9H2. The van der Waals surface area contributed by atoms with E-state index in [0.29, 0.717) is 5.69 Å². The molecule has 0 saturated heterocycles. The topological polar surface area (TPSA) is 27.0 Å². The van der Waals surface area contributed by atoms with Crippen molar-refractivity contribution in [3.63, 3.8) is 0 Å². The summed E-state index contributed by atoms with van der Waals surface area (Å²) in [5.74, 6) is 0. The number of rotatable bonds is 5. The number of hydrogen-bond acceptors (Lipinski definition) is 2. The summed E-state index contributed by atoms with van der Waals surface area (Å²) < 4.78 is 37.5. The first-order valence-electron chi connectivity index (χ1n) is 5.33. The van der Waals surface area contributed by atoms with Crippen molar-refractivity contribution in [1.82, 2.24) is 0 Å². The fourth-order valence-corrected chi connectivity index (χ4v) is 1.80. The van der Waals surface area contributed by atoms with Crippen LogP contribution in [0, 0.1) is 11.3 Å². The number of para-hydroxylation sites is 1. The summed E-state index contributed by atoms with van der Waals surface area (Å²) in [5.41, 5.74) is 0.682.